The van der Waals surface area contributed by atoms with Crippen molar-refractivity contribution < 1.29 is 24.2 Å². The summed E-state index contributed by atoms with van der Waals surface area (Å²) >= 11 is 0. The maximum absolute atomic E-state index is 13.2. The number of aliphatic hydroxyl groups excluding tert-OH is 1. The van der Waals surface area contributed by atoms with Crippen LogP contribution in [0.2, 0.25) is 0 Å². The van der Waals surface area contributed by atoms with Crippen molar-refractivity contribution in [3.05, 3.63) is 40.6 Å². The van der Waals surface area contributed by atoms with Gasteiger partial charge in [0.25, 0.3) is 5.91 Å². The highest BCUT2D eigenvalue weighted by Crippen LogP contribution is 2.51. The van der Waals surface area contributed by atoms with E-state index >= 15 is 0 Å². The Bertz CT molecular complexity index is 748. The van der Waals surface area contributed by atoms with Crippen LogP contribution in [0.1, 0.15) is 42.4 Å². The lowest BCUT2D eigenvalue weighted by atomic mass is 9.77. The van der Waals surface area contributed by atoms with E-state index in [0.717, 1.165) is 16.7 Å². The zero-order chi connectivity index (χ0) is 18.5. The SMILES string of the molecule is CON1C(=O)C(c2c(C)cccc2C)=C(O)C12CCC1(CC2)OCCO1. The van der Waals surface area contributed by atoms with E-state index in [4.69, 9.17) is 14.3 Å². The summed E-state index contributed by atoms with van der Waals surface area (Å²) < 4.78 is 11.6. The third-order valence-corrected chi connectivity index (χ3v) is 6.03. The van der Waals surface area contributed by atoms with E-state index < -0.39 is 11.3 Å². The zero-order valence-corrected chi connectivity index (χ0v) is 15.5. The first kappa shape index (κ1) is 17.5. The molecule has 26 heavy (non-hydrogen) atoms. The first-order valence-corrected chi connectivity index (χ1v) is 9.11. The minimum Gasteiger partial charge on any atom is -0.509 e. The fourth-order valence-electron chi connectivity index (χ4n) is 4.69. The fraction of sp³-hybridized carbons (Fsp3) is 0.550. The van der Waals surface area contributed by atoms with E-state index in [1.54, 1.807) is 0 Å². The predicted octanol–water partition coefficient (Wildman–Crippen LogP) is 3.03. The van der Waals surface area contributed by atoms with Crippen LogP contribution in [-0.2, 0) is 19.1 Å². The topological polar surface area (TPSA) is 68.2 Å². The van der Waals surface area contributed by atoms with Gasteiger partial charge in [-0.05, 0) is 43.4 Å². The van der Waals surface area contributed by atoms with Crippen molar-refractivity contribution in [3.8, 4) is 0 Å². The maximum Gasteiger partial charge on any atom is 0.282 e. The van der Waals surface area contributed by atoms with Crippen LogP contribution < -0.4 is 0 Å². The Kier molecular flexibility index (Phi) is 4.10. The van der Waals surface area contributed by atoms with E-state index in [1.165, 1.54) is 12.2 Å². The third-order valence-electron chi connectivity index (χ3n) is 6.03. The molecule has 1 amide bonds. The highest BCUT2D eigenvalue weighted by molar-refractivity contribution is 6.23. The standard InChI is InChI=1S/C20H25NO5/c1-13-5-4-6-14(2)15(13)16-17(22)19(21(24-3)18(16)23)7-9-20(10-8-19)25-11-12-26-20/h4-6,22H,7-12H2,1-3H3. The molecule has 6 heteroatoms. The van der Waals surface area contributed by atoms with E-state index in [9.17, 15) is 9.90 Å². The van der Waals surface area contributed by atoms with Crippen LogP contribution >= 0.6 is 0 Å². The summed E-state index contributed by atoms with van der Waals surface area (Å²) in [6.07, 6.45) is 2.30. The average molecular weight is 359 g/mol. The Morgan fingerprint density at radius 1 is 1.08 bits per heavy atom. The van der Waals surface area contributed by atoms with Crippen molar-refractivity contribution in [3.63, 3.8) is 0 Å². The molecular formula is C20H25NO5. The van der Waals surface area contributed by atoms with Crippen LogP contribution in [0.3, 0.4) is 0 Å². The van der Waals surface area contributed by atoms with Crippen molar-refractivity contribution in [2.75, 3.05) is 20.3 Å². The first-order chi connectivity index (χ1) is 12.4. The van der Waals surface area contributed by atoms with Gasteiger partial charge in [-0.1, -0.05) is 18.2 Å². The Balaban J connectivity index is 1.77. The molecule has 0 radical (unpaired) electrons. The molecular weight excluding hydrogens is 334 g/mol. The molecule has 3 aliphatic rings. The smallest absolute Gasteiger partial charge is 0.282 e. The summed E-state index contributed by atoms with van der Waals surface area (Å²) in [7, 11) is 1.48. The highest BCUT2D eigenvalue weighted by atomic mass is 16.7. The summed E-state index contributed by atoms with van der Waals surface area (Å²) in [5.74, 6) is -0.754. The molecule has 1 saturated heterocycles. The van der Waals surface area contributed by atoms with Crippen LogP contribution in [-0.4, -0.2) is 47.7 Å². The van der Waals surface area contributed by atoms with E-state index in [-0.39, 0.29) is 11.7 Å². The van der Waals surface area contributed by atoms with Gasteiger partial charge < -0.3 is 14.6 Å². The zero-order valence-electron chi connectivity index (χ0n) is 15.5. The van der Waals surface area contributed by atoms with Crippen molar-refractivity contribution in [2.45, 2.75) is 50.9 Å². The van der Waals surface area contributed by atoms with Gasteiger partial charge in [-0.3, -0.25) is 9.63 Å². The number of hydrogen-bond acceptors (Lipinski definition) is 5. The molecule has 0 aromatic heterocycles. The van der Waals surface area contributed by atoms with Crippen molar-refractivity contribution in [2.24, 2.45) is 0 Å². The molecule has 1 N–H and O–H groups in total. The minimum atomic E-state index is -0.851. The Morgan fingerprint density at radius 3 is 2.19 bits per heavy atom. The van der Waals surface area contributed by atoms with E-state index in [0.29, 0.717) is 44.5 Å². The van der Waals surface area contributed by atoms with Crippen LogP contribution in [0.5, 0.6) is 0 Å². The third kappa shape index (κ3) is 2.32. The molecule has 0 atom stereocenters. The average Bonchev–Trinajstić information content (AvgIpc) is 3.15. The predicted molar refractivity (Wildman–Crippen MR) is 95.2 cm³/mol. The summed E-state index contributed by atoms with van der Waals surface area (Å²) in [5, 5.41) is 12.6. The maximum atomic E-state index is 13.2. The number of aliphatic hydroxyl groups is 1. The van der Waals surface area contributed by atoms with Gasteiger partial charge in [0.15, 0.2) is 5.79 Å². The second-order valence-electron chi connectivity index (χ2n) is 7.41. The first-order valence-electron chi connectivity index (χ1n) is 9.11. The second kappa shape index (κ2) is 6.08. The molecule has 1 saturated carbocycles. The van der Waals surface area contributed by atoms with Gasteiger partial charge in [-0.25, -0.2) is 5.06 Å². The number of carbonyl (C=O) groups excluding carboxylic acids is 1. The molecule has 2 aliphatic heterocycles. The van der Waals surface area contributed by atoms with E-state index in [1.807, 2.05) is 32.0 Å². The summed E-state index contributed by atoms with van der Waals surface area (Å²) in [6, 6.07) is 5.86. The van der Waals surface area contributed by atoms with Crippen molar-refractivity contribution in [1.82, 2.24) is 5.06 Å². The minimum absolute atomic E-state index is 0.106. The number of amides is 1. The number of hydrogen-bond donors (Lipinski definition) is 1. The fourth-order valence-corrected chi connectivity index (χ4v) is 4.69. The Labute approximate surface area is 153 Å². The molecule has 0 bridgehead atoms. The molecule has 140 valence electrons. The lowest BCUT2D eigenvalue weighted by Gasteiger charge is -2.44. The molecule has 6 nitrogen and oxygen atoms in total. The van der Waals surface area contributed by atoms with Crippen LogP contribution in [0, 0.1) is 13.8 Å². The molecule has 1 aromatic carbocycles. The molecule has 1 aromatic rings. The number of benzene rings is 1. The normalized spacial score (nSPS) is 24.3. The molecule has 1 aliphatic carbocycles. The van der Waals surface area contributed by atoms with E-state index in [2.05, 4.69) is 0 Å². The number of ether oxygens (including phenoxy) is 2. The number of aryl methyl sites for hydroxylation is 2. The van der Waals surface area contributed by atoms with Gasteiger partial charge >= 0.3 is 0 Å². The number of rotatable bonds is 2. The molecule has 2 fully saturated rings. The van der Waals surface area contributed by atoms with Gasteiger partial charge in [0.05, 0.1) is 25.9 Å². The van der Waals surface area contributed by atoms with Crippen LogP contribution in [0.25, 0.3) is 5.57 Å². The van der Waals surface area contributed by atoms with Gasteiger partial charge in [0.2, 0.25) is 0 Å². The highest BCUT2D eigenvalue weighted by Gasteiger charge is 2.58. The van der Waals surface area contributed by atoms with Crippen molar-refractivity contribution in [1.29, 1.82) is 0 Å². The molecule has 2 heterocycles. The quantitative estimate of drug-likeness (QED) is 0.879. The lowest BCUT2D eigenvalue weighted by molar-refractivity contribution is -0.232. The summed E-state index contributed by atoms with van der Waals surface area (Å²) in [5.41, 5.74) is 2.22. The second-order valence-corrected chi connectivity index (χ2v) is 7.41. The van der Waals surface area contributed by atoms with Crippen LogP contribution in [0.15, 0.2) is 24.0 Å². The Morgan fingerprint density at radius 2 is 1.65 bits per heavy atom. The van der Waals surface area contributed by atoms with Crippen molar-refractivity contribution >= 4 is 11.5 Å². The Hall–Kier alpha value is -1.89. The molecule has 2 spiro atoms. The molecule has 4 rings (SSSR count). The monoisotopic (exact) mass is 359 g/mol. The number of nitrogens with zero attached hydrogens (tertiary/aromatic N) is 1. The summed E-state index contributed by atoms with van der Waals surface area (Å²) in [6.45, 7) is 5.09. The van der Waals surface area contributed by atoms with Gasteiger partial charge in [-0.2, -0.15) is 0 Å². The van der Waals surface area contributed by atoms with Crippen LogP contribution in [0.4, 0.5) is 0 Å². The largest absolute Gasteiger partial charge is 0.509 e. The van der Waals surface area contributed by atoms with Gasteiger partial charge in [-0.15, -0.1) is 0 Å². The lowest BCUT2D eigenvalue weighted by Crippen LogP contribution is -2.53. The summed E-state index contributed by atoms with van der Waals surface area (Å²) in [4.78, 5) is 18.6. The number of hydroxylamine groups is 2. The molecule has 0 unspecified atom stereocenters. The van der Waals surface area contributed by atoms with Gasteiger partial charge in [0, 0.05) is 12.8 Å². The number of carbonyl (C=O) groups is 1. The van der Waals surface area contributed by atoms with Gasteiger partial charge in [0.1, 0.15) is 11.3 Å².